The largest absolute Gasteiger partial charge is 0.593 e. The van der Waals surface area contributed by atoms with Crippen LogP contribution in [0.1, 0.15) is 16.7 Å². The van der Waals surface area contributed by atoms with Crippen LogP contribution in [0.4, 0.5) is 0 Å². The zero-order valence-corrected chi connectivity index (χ0v) is 9.29. The molecule has 1 aromatic carbocycles. The van der Waals surface area contributed by atoms with Crippen LogP contribution in [0.3, 0.4) is 0 Å². The zero-order valence-electron chi connectivity index (χ0n) is 8.47. The van der Waals surface area contributed by atoms with Gasteiger partial charge < -0.3 is 4.55 Å². The number of hydrogen-bond acceptors (Lipinski definition) is 2. The summed E-state index contributed by atoms with van der Waals surface area (Å²) >= 11 is -1.07. The van der Waals surface area contributed by atoms with Gasteiger partial charge in [-0.05, 0) is 20.8 Å². The van der Waals surface area contributed by atoms with Gasteiger partial charge in [0.2, 0.25) is 0 Å². The molecule has 13 heavy (non-hydrogen) atoms. The lowest BCUT2D eigenvalue weighted by Gasteiger charge is -2.13. The van der Waals surface area contributed by atoms with Crippen LogP contribution >= 0.6 is 0 Å². The highest BCUT2D eigenvalue weighted by molar-refractivity contribution is 7.89. The van der Waals surface area contributed by atoms with E-state index in [1.165, 1.54) is 5.56 Å². The van der Waals surface area contributed by atoms with Gasteiger partial charge in [-0.25, -0.2) is 0 Å². The molecule has 0 fully saturated rings. The molecule has 0 amide bonds. The predicted molar refractivity (Wildman–Crippen MR) is 56.1 cm³/mol. The molecule has 0 aliphatic heterocycles. The first-order chi connectivity index (χ1) is 6.06. The smallest absolute Gasteiger partial charge is 0.179 e. The van der Waals surface area contributed by atoms with Crippen LogP contribution in [0.25, 0.3) is 0 Å². The molecule has 0 aliphatic rings. The number of benzene rings is 1. The van der Waals surface area contributed by atoms with Crippen molar-refractivity contribution in [3.63, 3.8) is 0 Å². The summed E-state index contributed by atoms with van der Waals surface area (Å²) in [6.45, 7) is 6.03. The fraction of sp³-hybridized carbons (Fsp3) is 0.400. The van der Waals surface area contributed by atoms with Crippen molar-refractivity contribution >= 4 is 11.4 Å². The van der Waals surface area contributed by atoms with E-state index in [-0.39, 0.29) is 0 Å². The van der Waals surface area contributed by atoms with Crippen molar-refractivity contribution in [2.45, 2.75) is 25.7 Å². The maximum absolute atomic E-state index is 11.6. The molecule has 0 saturated carbocycles. The third-order valence-electron chi connectivity index (χ3n) is 1.98. The summed E-state index contributed by atoms with van der Waals surface area (Å²) < 4.78 is 14.3. The summed E-state index contributed by atoms with van der Waals surface area (Å²) in [5.74, 6) is 0. The molecule has 3 heteroatoms. The second kappa shape index (κ2) is 4.13. The fourth-order valence-corrected chi connectivity index (χ4v) is 2.47. The molecule has 0 aromatic heterocycles. The van der Waals surface area contributed by atoms with Crippen molar-refractivity contribution in [3.05, 3.63) is 28.8 Å². The molecule has 1 rings (SSSR count). The van der Waals surface area contributed by atoms with Crippen LogP contribution in [-0.2, 0) is 11.4 Å². The lowest BCUT2D eigenvalue weighted by Crippen LogP contribution is -2.20. The monoisotopic (exact) mass is 197 g/mol. The van der Waals surface area contributed by atoms with Gasteiger partial charge in [-0.2, -0.15) is 0 Å². The van der Waals surface area contributed by atoms with Crippen molar-refractivity contribution in [2.75, 3.05) is 7.05 Å². The first-order valence-corrected chi connectivity index (χ1v) is 5.38. The van der Waals surface area contributed by atoms with Crippen molar-refractivity contribution < 1.29 is 4.55 Å². The lowest BCUT2D eigenvalue weighted by atomic mass is 10.1. The number of hydrogen-bond donors (Lipinski definition) is 1. The molecule has 0 aliphatic carbocycles. The maximum atomic E-state index is 11.6. The quantitative estimate of drug-likeness (QED) is 0.734. The van der Waals surface area contributed by atoms with Crippen LogP contribution in [0, 0.1) is 20.8 Å². The van der Waals surface area contributed by atoms with E-state index in [9.17, 15) is 4.55 Å². The van der Waals surface area contributed by atoms with Gasteiger partial charge in [-0.3, -0.25) is 0 Å². The third-order valence-corrected chi connectivity index (χ3v) is 3.36. The zero-order chi connectivity index (χ0) is 10.0. The van der Waals surface area contributed by atoms with Gasteiger partial charge in [0.1, 0.15) is 0 Å². The van der Waals surface area contributed by atoms with E-state index in [1.807, 2.05) is 20.8 Å². The summed E-state index contributed by atoms with van der Waals surface area (Å²) in [6.07, 6.45) is 0. The standard InChI is InChI=1S/C10H15NOS/c1-7-5-8(2)10(9(3)6-7)13(12)11-4/h5-6,11H,1-4H3. The summed E-state index contributed by atoms with van der Waals surface area (Å²) in [5, 5.41) is 0. The predicted octanol–water partition coefficient (Wildman–Crippen LogP) is 1.85. The van der Waals surface area contributed by atoms with Gasteiger partial charge in [0, 0.05) is 18.2 Å². The molecule has 0 radical (unpaired) electrons. The maximum Gasteiger partial charge on any atom is 0.179 e. The minimum absolute atomic E-state index is 0.910. The topological polar surface area (TPSA) is 35.1 Å². The molecule has 72 valence electrons. The Labute approximate surface area is 82.7 Å². The number of rotatable bonds is 2. The summed E-state index contributed by atoms with van der Waals surface area (Å²) in [5.41, 5.74) is 3.39. The highest BCUT2D eigenvalue weighted by Crippen LogP contribution is 2.20. The first kappa shape index (κ1) is 10.6. The van der Waals surface area contributed by atoms with Crippen molar-refractivity contribution in [1.29, 1.82) is 0 Å². The van der Waals surface area contributed by atoms with E-state index >= 15 is 0 Å². The highest BCUT2D eigenvalue weighted by atomic mass is 32.2. The van der Waals surface area contributed by atoms with Crippen LogP contribution in [-0.4, -0.2) is 11.6 Å². The Hall–Kier alpha value is -0.510. The van der Waals surface area contributed by atoms with E-state index in [0.717, 1.165) is 16.0 Å². The van der Waals surface area contributed by atoms with Crippen molar-refractivity contribution in [2.24, 2.45) is 0 Å². The molecule has 1 N–H and O–H groups in total. The molecule has 1 unspecified atom stereocenters. The SMILES string of the molecule is CN[S+]([O-])c1c(C)cc(C)cc1C. The Morgan fingerprint density at radius 2 is 1.62 bits per heavy atom. The first-order valence-electron chi connectivity index (χ1n) is 4.23. The number of nitrogens with one attached hydrogen (secondary N) is 1. The van der Waals surface area contributed by atoms with E-state index in [4.69, 9.17) is 0 Å². The van der Waals surface area contributed by atoms with Gasteiger partial charge >= 0.3 is 0 Å². The summed E-state index contributed by atoms with van der Waals surface area (Å²) in [4.78, 5) is 0.910. The van der Waals surface area contributed by atoms with E-state index in [2.05, 4.69) is 16.9 Å². The lowest BCUT2D eigenvalue weighted by molar-refractivity contribution is 0.586. The van der Waals surface area contributed by atoms with Crippen LogP contribution in [0.5, 0.6) is 0 Å². The third kappa shape index (κ3) is 2.24. The highest BCUT2D eigenvalue weighted by Gasteiger charge is 2.15. The van der Waals surface area contributed by atoms with Gasteiger partial charge in [0.15, 0.2) is 4.90 Å². The average Bonchev–Trinajstić information content (AvgIpc) is 2.02. The minimum atomic E-state index is -1.07. The van der Waals surface area contributed by atoms with E-state index in [0.29, 0.717) is 0 Å². The Balaban J connectivity index is 3.20. The molecule has 2 nitrogen and oxygen atoms in total. The second-order valence-corrected chi connectivity index (χ2v) is 4.55. The summed E-state index contributed by atoms with van der Waals surface area (Å²) in [6, 6.07) is 4.11. The Morgan fingerprint density at radius 3 is 2.00 bits per heavy atom. The number of aryl methyl sites for hydroxylation is 3. The second-order valence-electron chi connectivity index (χ2n) is 3.20. The Morgan fingerprint density at radius 1 is 1.15 bits per heavy atom. The fourth-order valence-electron chi connectivity index (χ4n) is 1.56. The molecule has 1 aromatic rings. The van der Waals surface area contributed by atoms with E-state index in [1.54, 1.807) is 7.05 Å². The average molecular weight is 197 g/mol. The molecule has 1 atom stereocenters. The van der Waals surface area contributed by atoms with Gasteiger partial charge in [-0.15, -0.1) is 4.72 Å². The van der Waals surface area contributed by atoms with Gasteiger partial charge in [-0.1, -0.05) is 17.7 Å². The van der Waals surface area contributed by atoms with Crippen molar-refractivity contribution in [1.82, 2.24) is 4.72 Å². The molecule has 0 bridgehead atoms. The van der Waals surface area contributed by atoms with Crippen LogP contribution < -0.4 is 4.72 Å². The minimum Gasteiger partial charge on any atom is -0.593 e. The van der Waals surface area contributed by atoms with E-state index < -0.39 is 11.4 Å². The van der Waals surface area contributed by atoms with Crippen LogP contribution in [0.15, 0.2) is 17.0 Å². The van der Waals surface area contributed by atoms with Crippen LogP contribution in [0.2, 0.25) is 0 Å². The van der Waals surface area contributed by atoms with Gasteiger partial charge in [0.05, 0.1) is 11.4 Å². The molecular weight excluding hydrogens is 182 g/mol. The normalized spacial score (nSPS) is 13.0. The van der Waals surface area contributed by atoms with Crippen molar-refractivity contribution in [3.8, 4) is 0 Å². The molecule has 0 heterocycles. The Bertz CT molecular complexity index is 289. The molecular formula is C10H15NOS. The Kier molecular flexibility index (Phi) is 3.36. The molecule has 0 spiro atoms. The van der Waals surface area contributed by atoms with Gasteiger partial charge in [0.25, 0.3) is 0 Å². The summed E-state index contributed by atoms with van der Waals surface area (Å²) in [7, 11) is 1.70. The molecule has 0 saturated heterocycles.